The lowest BCUT2D eigenvalue weighted by Gasteiger charge is -1.88. The summed E-state index contributed by atoms with van der Waals surface area (Å²) in [6.07, 6.45) is 0. The molecular formula is C4H2ClIO2S2. The summed E-state index contributed by atoms with van der Waals surface area (Å²) >= 11 is 3.06. The van der Waals surface area contributed by atoms with E-state index in [-0.39, 0.29) is 4.21 Å². The molecule has 0 N–H and O–H groups in total. The first-order valence-corrected chi connectivity index (χ1v) is 6.46. The minimum Gasteiger partial charge on any atom is -0.206 e. The molecule has 0 unspecified atom stereocenters. The molecule has 0 fully saturated rings. The van der Waals surface area contributed by atoms with Crippen molar-refractivity contribution in [1.82, 2.24) is 0 Å². The fraction of sp³-hybridized carbons (Fsp3) is 0. The number of hydrogen-bond acceptors (Lipinski definition) is 3. The van der Waals surface area contributed by atoms with E-state index in [0.29, 0.717) is 3.57 Å². The van der Waals surface area contributed by atoms with Crippen molar-refractivity contribution in [3.8, 4) is 0 Å². The van der Waals surface area contributed by atoms with Crippen LogP contribution in [0.25, 0.3) is 0 Å². The SMILES string of the molecule is O=S(=O)(Cl)c1sccc1I. The van der Waals surface area contributed by atoms with Crippen LogP contribution in [0.15, 0.2) is 15.7 Å². The summed E-state index contributed by atoms with van der Waals surface area (Å²) in [5, 5.41) is 1.69. The molecule has 1 heterocycles. The van der Waals surface area contributed by atoms with E-state index in [1.165, 1.54) is 0 Å². The maximum absolute atomic E-state index is 10.7. The van der Waals surface area contributed by atoms with Crippen molar-refractivity contribution in [1.29, 1.82) is 0 Å². The van der Waals surface area contributed by atoms with E-state index in [1.54, 1.807) is 11.4 Å². The average molecular weight is 309 g/mol. The fourth-order valence-corrected chi connectivity index (χ4v) is 4.53. The Kier molecular flexibility index (Phi) is 2.59. The Labute approximate surface area is 80.8 Å². The number of rotatable bonds is 1. The summed E-state index contributed by atoms with van der Waals surface area (Å²) in [5.41, 5.74) is 0. The first-order chi connectivity index (χ1) is 4.52. The van der Waals surface area contributed by atoms with Crippen molar-refractivity contribution in [3.63, 3.8) is 0 Å². The van der Waals surface area contributed by atoms with Gasteiger partial charge in [0.25, 0.3) is 9.05 Å². The van der Waals surface area contributed by atoms with Gasteiger partial charge in [0.2, 0.25) is 0 Å². The highest BCUT2D eigenvalue weighted by atomic mass is 127. The second-order valence-electron chi connectivity index (χ2n) is 1.49. The Hall–Kier alpha value is 0.670. The first-order valence-electron chi connectivity index (χ1n) is 2.19. The van der Waals surface area contributed by atoms with Gasteiger partial charge in [-0.05, 0) is 34.0 Å². The molecule has 2 nitrogen and oxygen atoms in total. The fourth-order valence-electron chi connectivity index (χ4n) is 0.454. The highest BCUT2D eigenvalue weighted by molar-refractivity contribution is 14.1. The minimum atomic E-state index is -3.51. The zero-order chi connectivity index (χ0) is 7.78. The molecule has 56 valence electrons. The van der Waals surface area contributed by atoms with Gasteiger partial charge in [0, 0.05) is 14.3 Å². The molecule has 0 saturated heterocycles. The van der Waals surface area contributed by atoms with Gasteiger partial charge in [0.05, 0.1) is 0 Å². The standard InChI is InChI=1S/C4H2ClIO2S2/c5-10(7,8)4-3(6)1-2-9-4/h1-2H. The van der Waals surface area contributed by atoms with E-state index in [4.69, 9.17) is 10.7 Å². The van der Waals surface area contributed by atoms with Gasteiger partial charge < -0.3 is 0 Å². The van der Waals surface area contributed by atoms with Crippen molar-refractivity contribution in [2.24, 2.45) is 0 Å². The van der Waals surface area contributed by atoms with Crippen LogP contribution in [0.4, 0.5) is 0 Å². The van der Waals surface area contributed by atoms with Crippen molar-refractivity contribution in [3.05, 3.63) is 15.0 Å². The smallest absolute Gasteiger partial charge is 0.206 e. The molecular weight excluding hydrogens is 307 g/mol. The van der Waals surface area contributed by atoms with E-state index in [9.17, 15) is 8.42 Å². The molecule has 0 atom stereocenters. The molecule has 0 aliphatic heterocycles. The second kappa shape index (κ2) is 2.96. The van der Waals surface area contributed by atoms with Crippen LogP contribution in [0.3, 0.4) is 0 Å². The monoisotopic (exact) mass is 308 g/mol. The highest BCUT2D eigenvalue weighted by Crippen LogP contribution is 2.26. The zero-order valence-electron chi connectivity index (χ0n) is 4.54. The van der Waals surface area contributed by atoms with Gasteiger partial charge in [-0.25, -0.2) is 8.42 Å². The summed E-state index contributed by atoms with van der Waals surface area (Å²) in [4.78, 5) is 0. The molecule has 0 radical (unpaired) electrons. The van der Waals surface area contributed by atoms with E-state index >= 15 is 0 Å². The quantitative estimate of drug-likeness (QED) is 0.589. The number of halogens is 2. The molecule has 1 rings (SSSR count). The summed E-state index contributed by atoms with van der Waals surface area (Å²) in [6, 6.07) is 1.71. The predicted molar refractivity (Wildman–Crippen MR) is 50.1 cm³/mol. The van der Waals surface area contributed by atoms with Crippen LogP contribution < -0.4 is 0 Å². The number of hydrogen-bond donors (Lipinski definition) is 0. The third kappa shape index (κ3) is 1.84. The topological polar surface area (TPSA) is 34.1 Å². The summed E-state index contributed by atoms with van der Waals surface area (Å²) in [5.74, 6) is 0. The van der Waals surface area contributed by atoms with E-state index in [2.05, 4.69) is 0 Å². The Morgan fingerprint density at radius 3 is 2.40 bits per heavy atom. The number of thiophene rings is 1. The van der Waals surface area contributed by atoms with Crippen LogP contribution in [0.2, 0.25) is 0 Å². The van der Waals surface area contributed by atoms with Crippen LogP contribution in [0.1, 0.15) is 0 Å². The molecule has 0 saturated carbocycles. The summed E-state index contributed by atoms with van der Waals surface area (Å²) in [6.45, 7) is 0. The molecule has 0 aliphatic rings. The largest absolute Gasteiger partial charge is 0.271 e. The average Bonchev–Trinajstić information content (AvgIpc) is 2.11. The second-order valence-corrected chi connectivity index (χ2v) is 6.33. The van der Waals surface area contributed by atoms with Gasteiger partial charge >= 0.3 is 0 Å². The Morgan fingerprint density at radius 1 is 1.60 bits per heavy atom. The van der Waals surface area contributed by atoms with Crippen molar-refractivity contribution >= 4 is 53.7 Å². The van der Waals surface area contributed by atoms with Crippen molar-refractivity contribution in [2.45, 2.75) is 4.21 Å². The third-order valence-corrected chi connectivity index (χ3v) is 5.49. The Morgan fingerprint density at radius 2 is 2.20 bits per heavy atom. The van der Waals surface area contributed by atoms with Gasteiger partial charge in [-0.15, -0.1) is 11.3 Å². The van der Waals surface area contributed by atoms with Gasteiger partial charge in [0.15, 0.2) is 0 Å². The van der Waals surface area contributed by atoms with E-state index in [0.717, 1.165) is 11.3 Å². The molecule has 10 heavy (non-hydrogen) atoms. The lowest BCUT2D eigenvalue weighted by atomic mass is 10.7. The van der Waals surface area contributed by atoms with Crippen LogP contribution in [-0.2, 0) is 9.05 Å². The normalized spacial score (nSPS) is 11.8. The molecule has 0 bridgehead atoms. The lowest BCUT2D eigenvalue weighted by Crippen LogP contribution is -1.87. The molecule has 6 heteroatoms. The van der Waals surface area contributed by atoms with E-state index in [1.807, 2.05) is 22.6 Å². The van der Waals surface area contributed by atoms with Crippen LogP contribution >= 0.6 is 44.6 Å². The van der Waals surface area contributed by atoms with Crippen molar-refractivity contribution in [2.75, 3.05) is 0 Å². The minimum absolute atomic E-state index is 0.231. The van der Waals surface area contributed by atoms with Gasteiger partial charge in [-0.2, -0.15) is 0 Å². The van der Waals surface area contributed by atoms with Crippen LogP contribution in [0.5, 0.6) is 0 Å². The molecule has 0 aromatic carbocycles. The van der Waals surface area contributed by atoms with E-state index < -0.39 is 9.05 Å². The zero-order valence-corrected chi connectivity index (χ0v) is 9.09. The van der Waals surface area contributed by atoms with Crippen molar-refractivity contribution < 1.29 is 8.42 Å². The molecule has 0 aliphatic carbocycles. The molecule has 1 aromatic heterocycles. The first kappa shape index (κ1) is 8.76. The Bertz CT molecular complexity index is 329. The van der Waals surface area contributed by atoms with Crippen LogP contribution in [-0.4, -0.2) is 8.42 Å². The summed E-state index contributed by atoms with van der Waals surface area (Å²) in [7, 11) is 1.58. The van der Waals surface area contributed by atoms with Crippen LogP contribution in [0, 0.1) is 3.57 Å². The highest BCUT2D eigenvalue weighted by Gasteiger charge is 2.14. The third-order valence-electron chi connectivity index (χ3n) is 0.806. The summed E-state index contributed by atoms with van der Waals surface area (Å²) < 4.78 is 22.3. The maximum Gasteiger partial charge on any atom is 0.271 e. The van der Waals surface area contributed by atoms with Gasteiger partial charge in [0.1, 0.15) is 4.21 Å². The maximum atomic E-state index is 10.7. The molecule has 0 spiro atoms. The van der Waals surface area contributed by atoms with Gasteiger partial charge in [-0.1, -0.05) is 0 Å². The molecule has 0 amide bonds. The lowest BCUT2D eigenvalue weighted by molar-refractivity contribution is 0.611. The Balaban J connectivity index is 3.32. The molecule has 1 aromatic rings. The van der Waals surface area contributed by atoms with Gasteiger partial charge in [-0.3, -0.25) is 0 Å². The predicted octanol–water partition coefficient (Wildman–Crippen LogP) is 2.28.